The molecule has 13 heteroatoms. The van der Waals surface area contributed by atoms with E-state index in [1.54, 1.807) is 6.92 Å². The van der Waals surface area contributed by atoms with Gasteiger partial charge in [-0.15, -0.1) is 6.58 Å². The fourth-order valence-electron chi connectivity index (χ4n) is 4.78. The number of aliphatic hydroxyl groups excluding tert-OH is 9. The zero-order valence-electron chi connectivity index (χ0n) is 19.3. The SMILES string of the molecule is C=CC[C@H]1O[C@H](CO)[C@@H](O[C@H]2O[C@H](C)[C@@H](N[C@H]3C=C(CO)[C@@H](O)[C@H](O)[C@H]3O)[C@H](O)[C@H]2O)[C@H](O)[C@H]1O. The number of aliphatic hydroxyl groups is 9. The van der Waals surface area contributed by atoms with Gasteiger partial charge in [0.25, 0.3) is 0 Å². The van der Waals surface area contributed by atoms with Gasteiger partial charge in [0, 0.05) is 0 Å². The van der Waals surface area contributed by atoms with Crippen LogP contribution in [-0.2, 0) is 14.2 Å². The topological polar surface area (TPSA) is 222 Å². The molecule has 202 valence electrons. The largest absolute Gasteiger partial charge is 0.394 e. The second-order valence-electron chi connectivity index (χ2n) is 9.24. The van der Waals surface area contributed by atoms with Gasteiger partial charge in [0.2, 0.25) is 0 Å². The standard InChI is InChI=1S/C22H37NO12/c1-3-4-11-16(28)19(31)21(12(7-25)34-11)35-22-20(32)17(29)13(8(2)33-22)23-10-5-9(6-24)14(26)18(30)15(10)27/h3,5,8,10-32H,1,4,6-7H2,2H3/t8-,10+,11-,12-,13-,14-,15+,16+,17+,18+,19-,20-,21-,22-/m1/s1. The third-order valence-electron chi connectivity index (χ3n) is 6.89. The van der Waals surface area contributed by atoms with Crippen LogP contribution in [0.1, 0.15) is 13.3 Å². The van der Waals surface area contributed by atoms with E-state index in [-0.39, 0.29) is 12.0 Å². The van der Waals surface area contributed by atoms with E-state index in [1.807, 2.05) is 0 Å². The lowest BCUT2D eigenvalue weighted by Crippen LogP contribution is -2.68. The Bertz CT molecular complexity index is 737. The van der Waals surface area contributed by atoms with Crippen molar-refractivity contribution in [1.82, 2.24) is 5.32 Å². The molecule has 35 heavy (non-hydrogen) atoms. The van der Waals surface area contributed by atoms with Crippen LogP contribution in [0.4, 0.5) is 0 Å². The molecule has 2 heterocycles. The highest BCUT2D eigenvalue weighted by Gasteiger charge is 2.50. The maximum Gasteiger partial charge on any atom is 0.187 e. The molecule has 0 unspecified atom stereocenters. The second kappa shape index (κ2) is 12.0. The van der Waals surface area contributed by atoms with E-state index in [9.17, 15) is 46.0 Å². The monoisotopic (exact) mass is 507 g/mol. The van der Waals surface area contributed by atoms with Crippen LogP contribution in [0.2, 0.25) is 0 Å². The molecule has 10 N–H and O–H groups in total. The molecule has 0 aromatic heterocycles. The van der Waals surface area contributed by atoms with Gasteiger partial charge >= 0.3 is 0 Å². The number of nitrogens with one attached hydrogen (secondary N) is 1. The van der Waals surface area contributed by atoms with Gasteiger partial charge in [-0.1, -0.05) is 12.2 Å². The first-order valence-electron chi connectivity index (χ1n) is 11.6. The fourth-order valence-corrected chi connectivity index (χ4v) is 4.78. The Balaban J connectivity index is 1.70. The Morgan fingerprint density at radius 1 is 0.914 bits per heavy atom. The first-order valence-corrected chi connectivity index (χ1v) is 11.6. The number of hydrogen-bond donors (Lipinski definition) is 10. The van der Waals surface area contributed by atoms with Gasteiger partial charge < -0.3 is 65.5 Å². The first kappa shape index (κ1) is 28.5. The molecule has 2 saturated heterocycles. The van der Waals surface area contributed by atoms with Crippen LogP contribution in [0.3, 0.4) is 0 Å². The van der Waals surface area contributed by atoms with Gasteiger partial charge in [-0.3, -0.25) is 0 Å². The summed E-state index contributed by atoms with van der Waals surface area (Å²) in [5.74, 6) is 0. The van der Waals surface area contributed by atoms with E-state index < -0.39 is 98.7 Å². The van der Waals surface area contributed by atoms with E-state index in [0.29, 0.717) is 0 Å². The average molecular weight is 508 g/mol. The summed E-state index contributed by atoms with van der Waals surface area (Å²) in [5.41, 5.74) is 0.0792. The maximum atomic E-state index is 10.8. The summed E-state index contributed by atoms with van der Waals surface area (Å²) in [6, 6.07) is -1.97. The molecule has 2 fully saturated rings. The van der Waals surface area contributed by atoms with Gasteiger partial charge in [-0.2, -0.15) is 0 Å². The molecule has 0 saturated carbocycles. The summed E-state index contributed by atoms with van der Waals surface area (Å²) < 4.78 is 17.0. The van der Waals surface area contributed by atoms with Crippen molar-refractivity contribution < 1.29 is 60.2 Å². The van der Waals surface area contributed by atoms with Crippen LogP contribution in [0, 0.1) is 0 Å². The highest BCUT2D eigenvalue weighted by atomic mass is 16.7. The molecule has 0 spiro atoms. The third-order valence-corrected chi connectivity index (χ3v) is 6.89. The van der Waals surface area contributed by atoms with Crippen LogP contribution in [0.5, 0.6) is 0 Å². The van der Waals surface area contributed by atoms with Gasteiger partial charge in [0.05, 0.1) is 37.5 Å². The molecule has 0 bridgehead atoms. The fraction of sp³-hybridized carbons (Fsp3) is 0.818. The van der Waals surface area contributed by atoms with Crippen molar-refractivity contribution >= 4 is 0 Å². The Morgan fingerprint density at radius 3 is 2.20 bits per heavy atom. The summed E-state index contributed by atoms with van der Waals surface area (Å²) in [7, 11) is 0. The van der Waals surface area contributed by atoms with Crippen molar-refractivity contribution in [3.05, 3.63) is 24.3 Å². The number of rotatable bonds is 8. The lowest BCUT2D eigenvalue weighted by molar-refractivity contribution is -0.327. The lowest BCUT2D eigenvalue weighted by Gasteiger charge is -2.47. The van der Waals surface area contributed by atoms with Crippen LogP contribution in [-0.4, -0.2) is 145 Å². The average Bonchev–Trinajstić information content (AvgIpc) is 2.84. The van der Waals surface area contributed by atoms with Crippen molar-refractivity contribution in [2.75, 3.05) is 13.2 Å². The zero-order valence-corrected chi connectivity index (χ0v) is 19.3. The summed E-state index contributed by atoms with van der Waals surface area (Å²) in [4.78, 5) is 0. The minimum absolute atomic E-state index is 0.0792. The summed E-state index contributed by atoms with van der Waals surface area (Å²) in [6.45, 7) is 4.00. The van der Waals surface area contributed by atoms with Gasteiger partial charge in [0.15, 0.2) is 6.29 Å². The lowest BCUT2D eigenvalue weighted by atomic mass is 9.86. The van der Waals surface area contributed by atoms with E-state index in [0.717, 1.165) is 0 Å². The molecular formula is C22H37NO12. The first-order chi connectivity index (χ1) is 16.5. The second-order valence-corrected chi connectivity index (χ2v) is 9.24. The number of ether oxygens (including phenoxy) is 3. The number of hydrogen-bond acceptors (Lipinski definition) is 13. The van der Waals surface area contributed by atoms with Crippen LogP contribution in [0.25, 0.3) is 0 Å². The molecule has 3 rings (SSSR count). The third kappa shape index (κ3) is 5.78. The Kier molecular flexibility index (Phi) is 9.78. The smallest absolute Gasteiger partial charge is 0.187 e. The molecule has 0 aromatic carbocycles. The van der Waals surface area contributed by atoms with Gasteiger partial charge in [0.1, 0.15) is 54.9 Å². The zero-order chi connectivity index (χ0) is 26.0. The summed E-state index contributed by atoms with van der Waals surface area (Å²) in [5, 5.41) is 94.7. The predicted molar refractivity (Wildman–Crippen MR) is 118 cm³/mol. The summed E-state index contributed by atoms with van der Waals surface area (Å²) in [6.07, 6.45) is -12.9. The molecule has 2 aliphatic heterocycles. The minimum atomic E-state index is -1.66. The van der Waals surface area contributed by atoms with E-state index in [2.05, 4.69) is 11.9 Å². The van der Waals surface area contributed by atoms with Crippen LogP contribution in [0.15, 0.2) is 24.3 Å². The van der Waals surface area contributed by atoms with E-state index >= 15 is 0 Å². The molecule has 0 amide bonds. The minimum Gasteiger partial charge on any atom is -0.394 e. The molecule has 13 nitrogen and oxygen atoms in total. The van der Waals surface area contributed by atoms with Crippen LogP contribution >= 0.6 is 0 Å². The van der Waals surface area contributed by atoms with E-state index in [1.165, 1.54) is 12.2 Å². The highest BCUT2D eigenvalue weighted by Crippen LogP contribution is 2.31. The molecular weight excluding hydrogens is 470 g/mol. The van der Waals surface area contributed by atoms with Crippen molar-refractivity contribution in [2.24, 2.45) is 0 Å². The van der Waals surface area contributed by atoms with Crippen molar-refractivity contribution in [1.29, 1.82) is 0 Å². The molecule has 0 aromatic rings. The van der Waals surface area contributed by atoms with E-state index in [4.69, 9.17) is 14.2 Å². The van der Waals surface area contributed by atoms with Crippen molar-refractivity contribution in [2.45, 2.75) is 98.9 Å². The summed E-state index contributed by atoms with van der Waals surface area (Å²) >= 11 is 0. The predicted octanol–water partition coefficient (Wildman–Crippen LogP) is -4.76. The Labute approximate surface area is 202 Å². The van der Waals surface area contributed by atoms with Crippen LogP contribution < -0.4 is 5.32 Å². The normalized spacial score (nSPS) is 48.9. The van der Waals surface area contributed by atoms with Gasteiger partial charge in [-0.25, -0.2) is 0 Å². The van der Waals surface area contributed by atoms with Crippen molar-refractivity contribution in [3.8, 4) is 0 Å². The Hall–Kier alpha value is -1.04. The Morgan fingerprint density at radius 2 is 1.60 bits per heavy atom. The highest BCUT2D eigenvalue weighted by molar-refractivity contribution is 5.22. The van der Waals surface area contributed by atoms with Gasteiger partial charge in [-0.05, 0) is 18.9 Å². The molecule has 1 aliphatic carbocycles. The molecule has 14 atom stereocenters. The maximum absolute atomic E-state index is 10.8. The van der Waals surface area contributed by atoms with Crippen molar-refractivity contribution in [3.63, 3.8) is 0 Å². The quantitative estimate of drug-likeness (QED) is 0.140. The molecule has 3 aliphatic rings. The molecule has 0 radical (unpaired) electrons.